The second-order valence-corrected chi connectivity index (χ2v) is 7.54. The number of piperidine rings is 1. The van der Waals surface area contributed by atoms with Crippen LogP contribution in [-0.2, 0) is 11.2 Å². The van der Waals surface area contributed by atoms with Gasteiger partial charge >= 0.3 is 6.09 Å². The SMILES string of the molecule is CCCc1cc(C(=O)N2CCC3(CC2)CN(C(C)CCC)C(=O)O3)no1. The molecule has 0 aromatic carbocycles. The standard InChI is InChI=1S/C19H29N3O4/c1-4-6-14(3)22-13-19(25-18(22)24)8-10-21(11-9-19)17(23)16-12-15(7-5-2)26-20-16/h12,14H,4-11,13H2,1-3H3. The van der Waals surface area contributed by atoms with Crippen LogP contribution in [0.1, 0.15) is 69.1 Å². The smallest absolute Gasteiger partial charge is 0.410 e. The third-order valence-electron chi connectivity index (χ3n) is 5.47. The minimum Gasteiger partial charge on any atom is -0.441 e. The highest BCUT2D eigenvalue weighted by molar-refractivity contribution is 5.92. The number of ether oxygens (including phenoxy) is 1. The maximum absolute atomic E-state index is 12.6. The van der Waals surface area contributed by atoms with Crippen LogP contribution in [-0.4, -0.2) is 58.2 Å². The van der Waals surface area contributed by atoms with Crippen molar-refractivity contribution in [2.45, 2.75) is 70.9 Å². The molecular weight excluding hydrogens is 334 g/mol. The highest BCUT2D eigenvalue weighted by atomic mass is 16.6. The van der Waals surface area contributed by atoms with Crippen LogP contribution in [0.5, 0.6) is 0 Å². The molecule has 1 aromatic heterocycles. The zero-order valence-corrected chi connectivity index (χ0v) is 16.0. The number of hydrogen-bond acceptors (Lipinski definition) is 5. The van der Waals surface area contributed by atoms with Crippen molar-refractivity contribution < 1.29 is 18.8 Å². The fourth-order valence-corrected chi connectivity index (χ4v) is 3.88. The van der Waals surface area contributed by atoms with E-state index in [1.165, 1.54) is 0 Å². The first kappa shape index (κ1) is 18.7. The predicted octanol–water partition coefficient (Wildman–Crippen LogP) is 3.24. The number of carbonyl (C=O) groups is 2. The van der Waals surface area contributed by atoms with E-state index in [0.717, 1.165) is 31.4 Å². The molecule has 3 heterocycles. The van der Waals surface area contributed by atoms with Gasteiger partial charge in [-0.25, -0.2) is 4.79 Å². The molecule has 0 aliphatic carbocycles. The lowest BCUT2D eigenvalue weighted by Gasteiger charge is -2.37. The lowest BCUT2D eigenvalue weighted by Crippen LogP contribution is -2.49. The van der Waals surface area contributed by atoms with Gasteiger partial charge in [0, 0.05) is 44.5 Å². The minimum atomic E-state index is -0.451. The van der Waals surface area contributed by atoms with Crippen molar-refractivity contribution in [1.82, 2.24) is 15.0 Å². The van der Waals surface area contributed by atoms with Gasteiger partial charge in [0.2, 0.25) is 0 Å². The summed E-state index contributed by atoms with van der Waals surface area (Å²) in [5.41, 5.74) is -0.0847. The molecule has 0 bridgehead atoms. The van der Waals surface area contributed by atoms with Crippen molar-refractivity contribution in [2.24, 2.45) is 0 Å². The fraction of sp³-hybridized carbons (Fsp3) is 0.737. The number of aryl methyl sites for hydroxylation is 1. The number of likely N-dealkylation sites (tertiary alicyclic amines) is 1. The van der Waals surface area contributed by atoms with Crippen molar-refractivity contribution in [3.05, 3.63) is 17.5 Å². The molecule has 1 aromatic rings. The molecule has 144 valence electrons. The van der Waals surface area contributed by atoms with Crippen molar-refractivity contribution in [3.8, 4) is 0 Å². The van der Waals surface area contributed by atoms with E-state index in [4.69, 9.17) is 9.26 Å². The van der Waals surface area contributed by atoms with E-state index < -0.39 is 5.60 Å². The Bertz CT molecular complexity index is 649. The second kappa shape index (κ2) is 7.68. The van der Waals surface area contributed by atoms with Crippen LogP contribution >= 0.6 is 0 Å². The topological polar surface area (TPSA) is 75.9 Å². The van der Waals surface area contributed by atoms with Gasteiger partial charge in [-0.2, -0.15) is 0 Å². The molecule has 3 rings (SSSR count). The Hall–Kier alpha value is -2.05. The lowest BCUT2D eigenvalue weighted by molar-refractivity contribution is 0.00280. The van der Waals surface area contributed by atoms with Gasteiger partial charge in [-0.15, -0.1) is 0 Å². The Balaban J connectivity index is 1.58. The highest BCUT2D eigenvalue weighted by Gasteiger charge is 2.48. The molecule has 2 amide bonds. The summed E-state index contributed by atoms with van der Waals surface area (Å²) < 4.78 is 11.0. The number of hydrogen-bond donors (Lipinski definition) is 0. The van der Waals surface area contributed by atoms with E-state index in [-0.39, 0.29) is 18.0 Å². The Morgan fingerprint density at radius 3 is 2.69 bits per heavy atom. The van der Waals surface area contributed by atoms with Crippen molar-refractivity contribution in [3.63, 3.8) is 0 Å². The van der Waals surface area contributed by atoms with Gasteiger partial charge in [0.1, 0.15) is 11.4 Å². The summed E-state index contributed by atoms with van der Waals surface area (Å²) in [6.45, 7) is 8.01. The molecule has 2 aliphatic heterocycles. The first-order valence-electron chi connectivity index (χ1n) is 9.72. The molecule has 2 aliphatic rings. The molecular formula is C19H29N3O4. The largest absolute Gasteiger partial charge is 0.441 e. The van der Waals surface area contributed by atoms with Crippen molar-refractivity contribution in [1.29, 1.82) is 0 Å². The van der Waals surface area contributed by atoms with Crippen LogP contribution in [0.2, 0.25) is 0 Å². The molecule has 2 fully saturated rings. The summed E-state index contributed by atoms with van der Waals surface area (Å²) in [7, 11) is 0. The third kappa shape index (κ3) is 3.71. The maximum atomic E-state index is 12.6. The Labute approximate surface area is 154 Å². The van der Waals surface area contributed by atoms with E-state index in [0.29, 0.717) is 38.2 Å². The zero-order chi connectivity index (χ0) is 18.7. The van der Waals surface area contributed by atoms with Crippen molar-refractivity contribution >= 4 is 12.0 Å². The molecule has 1 atom stereocenters. The Morgan fingerprint density at radius 1 is 1.31 bits per heavy atom. The van der Waals surface area contributed by atoms with E-state index in [1.54, 1.807) is 11.0 Å². The van der Waals surface area contributed by atoms with Gasteiger partial charge in [0.05, 0.1) is 6.54 Å². The number of nitrogens with zero attached hydrogens (tertiary/aromatic N) is 3. The molecule has 26 heavy (non-hydrogen) atoms. The van der Waals surface area contributed by atoms with E-state index >= 15 is 0 Å². The predicted molar refractivity (Wildman–Crippen MR) is 95.9 cm³/mol. The number of aromatic nitrogens is 1. The van der Waals surface area contributed by atoms with Gasteiger partial charge < -0.3 is 19.1 Å². The number of amides is 2. The molecule has 1 unspecified atom stereocenters. The lowest BCUT2D eigenvalue weighted by atomic mass is 9.90. The number of carbonyl (C=O) groups excluding carboxylic acids is 2. The van der Waals surface area contributed by atoms with E-state index in [2.05, 4.69) is 25.9 Å². The Morgan fingerprint density at radius 2 is 2.04 bits per heavy atom. The van der Waals surface area contributed by atoms with Gasteiger partial charge in [-0.3, -0.25) is 4.79 Å². The molecule has 0 N–H and O–H groups in total. The molecule has 0 saturated carbocycles. The summed E-state index contributed by atoms with van der Waals surface area (Å²) in [6.07, 6.45) is 4.86. The average molecular weight is 363 g/mol. The fourth-order valence-electron chi connectivity index (χ4n) is 3.88. The van der Waals surface area contributed by atoms with Crippen molar-refractivity contribution in [2.75, 3.05) is 19.6 Å². The summed E-state index contributed by atoms with van der Waals surface area (Å²) in [6, 6.07) is 1.93. The van der Waals surface area contributed by atoms with Crippen LogP contribution in [0, 0.1) is 0 Å². The molecule has 2 saturated heterocycles. The Kier molecular flexibility index (Phi) is 5.53. The molecule has 7 heteroatoms. The van der Waals surface area contributed by atoms with Crippen LogP contribution in [0.15, 0.2) is 10.6 Å². The van der Waals surface area contributed by atoms with Gasteiger partial charge in [0.15, 0.2) is 5.69 Å². The second-order valence-electron chi connectivity index (χ2n) is 7.54. The van der Waals surface area contributed by atoms with E-state index in [1.807, 2.05) is 4.90 Å². The molecule has 1 spiro atoms. The third-order valence-corrected chi connectivity index (χ3v) is 5.47. The monoisotopic (exact) mass is 363 g/mol. The van der Waals surface area contributed by atoms with Crippen LogP contribution in [0.25, 0.3) is 0 Å². The first-order valence-corrected chi connectivity index (χ1v) is 9.72. The van der Waals surface area contributed by atoms with Gasteiger partial charge in [-0.1, -0.05) is 25.4 Å². The van der Waals surface area contributed by atoms with Crippen LogP contribution < -0.4 is 0 Å². The highest BCUT2D eigenvalue weighted by Crippen LogP contribution is 2.35. The summed E-state index contributed by atoms with van der Waals surface area (Å²) in [5.74, 6) is 0.640. The summed E-state index contributed by atoms with van der Waals surface area (Å²) >= 11 is 0. The maximum Gasteiger partial charge on any atom is 0.410 e. The van der Waals surface area contributed by atoms with Crippen LogP contribution in [0.3, 0.4) is 0 Å². The van der Waals surface area contributed by atoms with Gasteiger partial charge in [-0.05, 0) is 19.8 Å². The zero-order valence-electron chi connectivity index (χ0n) is 16.0. The molecule has 0 radical (unpaired) electrons. The normalized spacial score (nSPS) is 20.5. The summed E-state index contributed by atoms with van der Waals surface area (Å²) in [4.78, 5) is 28.5. The van der Waals surface area contributed by atoms with Crippen LogP contribution in [0.4, 0.5) is 4.79 Å². The summed E-state index contributed by atoms with van der Waals surface area (Å²) in [5, 5.41) is 3.91. The quantitative estimate of drug-likeness (QED) is 0.775. The van der Waals surface area contributed by atoms with Gasteiger partial charge in [0.25, 0.3) is 5.91 Å². The molecule has 7 nitrogen and oxygen atoms in total. The number of rotatable bonds is 6. The first-order chi connectivity index (χ1) is 12.5. The van der Waals surface area contributed by atoms with E-state index in [9.17, 15) is 9.59 Å². The minimum absolute atomic E-state index is 0.105. The average Bonchev–Trinajstić information content (AvgIpc) is 3.21.